The molecule has 1 N–H and O–H groups in total. The number of hydrogen-bond donors (Lipinski definition) is 1. The van der Waals surface area contributed by atoms with Crippen molar-refractivity contribution in [3.63, 3.8) is 0 Å². The second kappa shape index (κ2) is 7.13. The minimum absolute atomic E-state index is 0.0464. The molecule has 1 saturated carbocycles. The first-order valence-corrected chi connectivity index (χ1v) is 10.7. The first-order chi connectivity index (χ1) is 14.4. The van der Waals surface area contributed by atoms with Crippen LogP contribution in [0.1, 0.15) is 39.7 Å². The summed E-state index contributed by atoms with van der Waals surface area (Å²) in [6.45, 7) is 0. The fraction of sp³-hybridized carbons (Fsp3) is 0.200. The van der Waals surface area contributed by atoms with Crippen molar-refractivity contribution in [2.75, 3.05) is 5.32 Å². The van der Waals surface area contributed by atoms with Crippen LogP contribution < -0.4 is 5.32 Å². The number of alkyl halides is 3. The molecule has 30 heavy (non-hydrogen) atoms. The lowest BCUT2D eigenvalue weighted by Gasteiger charge is -2.09. The summed E-state index contributed by atoms with van der Waals surface area (Å²) < 4.78 is 44.3. The highest BCUT2D eigenvalue weighted by atomic mass is 32.1. The van der Waals surface area contributed by atoms with Crippen molar-refractivity contribution in [3.05, 3.63) is 58.2 Å². The second-order valence-corrected chi connectivity index (χ2v) is 8.62. The van der Waals surface area contributed by atoms with E-state index in [1.165, 1.54) is 17.4 Å². The third-order valence-electron chi connectivity index (χ3n) is 4.83. The number of hydrogen-bond acceptors (Lipinski definition) is 6. The van der Waals surface area contributed by atoms with E-state index in [2.05, 4.69) is 19.7 Å². The van der Waals surface area contributed by atoms with Crippen molar-refractivity contribution in [1.82, 2.24) is 14.3 Å². The Bertz CT molecular complexity index is 1260. The number of amides is 1. The number of halogens is 3. The second-order valence-electron chi connectivity index (χ2n) is 6.96. The molecule has 4 aromatic rings. The van der Waals surface area contributed by atoms with E-state index in [9.17, 15) is 18.0 Å². The van der Waals surface area contributed by atoms with E-state index >= 15 is 0 Å². The minimum atomic E-state index is -4.58. The summed E-state index contributed by atoms with van der Waals surface area (Å²) in [6.07, 6.45) is -1.63. The summed E-state index contributed by atoms with van der Waals surface area (Å²) in [6, 6.07) is 8.03. The lowest BCUT2D eigenvalue weighted by atomic mass is 10.0. The maximum Gasteiger partial charge on any atom is 0.433 e. The Balaban J connectivity index is 1.48. The van der Waals surface area contributed by atoms with E-state index in [0.29, 0.717) is 4.88 Å². The summed E-state index contributed by atoms with van der Waals surface area (Å²) in [5.41, 5.74) is 4.21. The number of fused-ring (bicyclic) bond motifs is 1. The van der Waals surface area contributed by atoms with Gasteiger partial charge in [-0.25, -0.2) is 4.98 Å². The van der Waals surface area contributed by atoms with E-state index in [1.54, 1.807) is 5.51 Å². The van der Waals surface area contributed by atoms with Crippen molar-refractivity contribution in [2.24, 2.45) is 0 Å². The average Bonchev–Trinajstić information content (AvgIpc) is 3.27. The summed E-state index contributed by atoms with van der Waals surface area (Å²) in [4.78, 5) is 20.9. The number of carbonyl (C=O) groups is 1. The lowest BCUT2D eigenvalue weighted by molar-refractivity contribution is -0.141. The van der Waals surface area contributed by atoms with Crippen molar-refractivity contribution in [3.8, 4) is 11.3 Å². The minimum Gasteiger partial charge on any atom is -0.321 e. The van der Waals surface area contributed by atoms with E-state index < -0.39 is 17.8 Å². The van der Waals surface area contributed by atoms with Crippen molar-refractivity contribution < 1.29 is 18.0 Å². The summed E-state index contributed by atoms with van der Waals surface area (Å²) in [5.74, 6) is -0.223. The molecule has 0 bridgehead atoms. The van der Waals surface area contributed by atoms with Gasteiger partial charge < -0.3 is 5.32 Å². The van der Waals surface area contributed by atoms with E-state index in [4.69, 9.17) is 0 Å². The molecular weight excluding hydrogens is 433 g/mol. The molecule has 0 aliphatic heterocycles. The van der Waals surface area contributed by atoms with Gasteiger partial charge in [-0.3, -0.25) is 9.78 Å². The first kappa shape index (κ1) is 19.1. The van der Waals surface area contributed by atoms with Gasteiger partial charge >= 0.3 is 6.18 Å². The highest BCUT2D eigenvalue weighted by Gasteiger charge is 2.35. The zero-order chi connectivity index (χ0) is 20.9. The number of rotatable bonds is 4. The van der Waals surface area contributed by atoms with Crippen LogP contribution in [0.15, 0.2) is 42.0 Å². The molecule has 1 aliphatic rings. The Labute approximate surface area is 176 Å². The van der Waals surface area contributed by atoms with Gasteiger partial charge in [-0.05, 0) is 54.6 Å². The molecule has 5 rings (SSSR count). The van der Waals surface area contributed by atoms with Crippen LogP contribution in [0.3, 0.4) is 0 Å². The average molecular weight is 446 g/mol. The molecule has 1 amide bonds. The molecule has 0 spiro atoms. The first-order valence-electron chi connectivity index (χ1n) is 9.08. The number of thiazole rings is 1. The van der Waals surface area contributed by atoms with Crippen LogP contribution in [-0.2, 0) is 6.18 Å². The standard InChI is InChI=1S/C20H13F3N4OS2/c21-20(22,23)15-8-12(5-6-24-15)26-19(28)18-16(10-1-2-10)17(27-30-18)11-3-4-13-14(7-11)29-9-25-13/h3-10H,1-2H2,(H,24,26,28). The van der Waals surface area contributed by atoms with Crippen LogP contribution in [0.2, 0.25) is 0 Å². The molecule has 5 nitrogen and oxygen atoms in total. The van der Waals surface area contributed by atoms with Gasteiger partial charge in [-0.15, -0.1) is 11.3 Å². The molecule has 0 saturated heterocycles. The predicted octanol–water partition coefficient (Wildman–Crippen LogP) is 5.96. The topological polar surface area (TPSA) is 67.8 Å². The SMILES string of the molecule is O=C(Nc1ccnc(C(F)(F)F)c1)c1snc(-c2ccc3ncsc3c2)c1C1CC1. The fourth-order valence-corrected chi connectivity index (χ4v) is 4.87. The third kappa shape index (κ3) is 3.56. The molecule has 3 aromatic heterocycles. The molecular formula is C20H13F3N4OS2. The van der Waals surface area contributed by atoms with Crippen LogP contribution in [0.25, 0.3) is 21.5 Å². The highest BCUT2D eigenvalue weighted by molar-refractivity contribution is 7.16. The molecule has 1 fully saturated rings. The number of pyridine rings is 1. The molecule has 152 valence electrons. The Morgan fingerprint density at radius 2 is 1.97 bits per heavy atom. The van der Waals surface area contributed by atoms with Gasteiger partial charge in [0.25, 0.3) is 5.91 Å². The van der Waals surface area contributed by atoms with Crippen LogP contribution in [0.4, 0.5) is 18.9 Å². The van der Waals surface area contributed by atoms with Crippen LogP contribution in [0.5, 0.6) is 0 Å². The summed E-state index contributed by atoms with van der Waals surface area (Å²) in [5, 5.41) is 2.57. The normalized spacial score (nSPS) is 14.2. The van der Waals surface area contributed by atoms with Crippen molar-refractivity contribution in [1.29, 1.82) is 0 Å². The van der Waals surface area contributed by atoms with Gasteiger partial charge in [0.05, 0.1) is 21.4 Å². The third-order valence-corrected chi connectivity index (χ3v) is 6.49. The van der Waals surface area contributed by atoms with Gasteiger partial charge in [0.2, 0.25) is 0 Å². The number of nitrogens with one attached hydrogen (secondary N) is 1. The zero-order valence-electron chi connectivity index (χ0n) is 15.2. The van der Waals surface area contributed by atoms with Crippen molar-refractivity contribution >= 4 is 44.7 Å². The molecule has 0 radical (unpaired) electrons. The van der Waals surface area contributed by atoms with Gasteiger partial charge in [0.1, 0.15) is 10.6 Å². The maximum absolute atomic E-state index is 12.9. The zero-order valence-corrected chi connectivity index (χ0v) is 16.9. The summed E-state index contributed by atoms with van der Waals surface area (Å²) in [7, 11) is 0. The fourth-order valence-electron chi connectivity index (χ4n) is 3.27. The van der Waals surface area contributed by atoms with Gasteiger partial charge in [0, 0.05) is 23.0 Å². The number of nitrogens with zero attached hydrogens (tertiary/aromatic N) is 3. The van der Waals surface area contributed by atoms with Crippen LogP contribution in [-0.4, -0.2) is 20.2 Å². The van der Waals surface area contributed by atoms with Crippen molar-refractivity contribution in [2.45, 2.75) is 24.9 Å². The maximum atomic E-state index is 12.9. The molecule has 1 aromatic carbocycles. The van der Waals surface area contributed by atoms with Gasteiger partial charge in [-0.2, -0.15) is 17.5 Å². The van der Waals surface area contributed by atoms with Crippen LogP contribution in [0, 0.1) is 0 Å². The predicted molar refractivity (Wildman–Crippen MR) is 110 cm³/mol. The lowest BCUT2D eigenvalue weighted by Crippen LogP contribution is -2.14. The number of carbonyl (C=O) groups excluding carboxylic acids is 1. The number of benzene rings is 1. The highest BCUT2D eigenvalue weighted by Crippen LogP contribution is 2.47. The Morgan fingerprint density at radius 3 is 2.73 bits per heavy atom. The van der Waals surface area contributed by atoms with Gasteiger partial charge in [0.15, 0.2) is 0 Å². The summed E-state index contributed by atoms with van der Waals surface area (Å²) >= 11 is 2.60. The molecule has 10 heteroatoms. The molecule has 3 heterocycles. The largest absolute Gasteiger partial charge is 0.433 e. The Hall–Kier alpha value is -2.85. The van der Waals surface area contributed by atoms with Crippen LogP contribution >= 0.6 is 22.9 Å². The Kier molecular flexibility index (Phi) is 4.55. The quantitative estimate of drug-likeness (QED) is 0.420. The molecule has 1 aliphatic carbocycles. The van der Waals surface area contributed by atoms with Gasteiger partial charge in [-0.1, -0.05) is 6.07 Å². The molecule has 0 atom stereocenters. The smallest absolute Gasteiger partial charge is 0.321 e. The monoisotopic (exact) mass is 446 g/mol. The van der Waals surface area contributed by atoms with E-state index in [-0.39, 0.29) is 11.6 Å². The number of aromatic nitrogens is 3. The van der Waals surface area contributed by atoms with E-state index in [0.717, 1.165) is 63.7 Å². The number of anilines is 1. The van der Waals surface area contributed by atoms with E-state index in [1.807, 2.05) is 18.2 Å². The molecule has 0 unspecified atom stereocenters. The Morgan fingerprint density at radius 1 is 1.13 bits per heavy atom.